The lowest BCUT2D eigenvalue weighted by atomic mass is 10.0. The zero-order valence-electron chi connectivity index (χ0n) is 10.8. The summed E-state index contributed by atoms with van der Waals surface area (Å²) in [4.78, 5) is 23.7. The van der Waals surface area contributed by atoms with Gasteiger partial charge in [0.25, 0.3) is 0 Å². The molecule has 2 amide bonds. The van der Waals surface area contributed by atoms with Crippen molar-refractivity contribution in [3.63, 3.8) is 0 Å². The van der Waals surface area contributed by atoms with Crippen LogP contribution in [-0.4, -0.2) is 64.6 Å². The fourth-order valence-electron chi connectivity index (χ4n) is 1.45. The lowest BCUT2D eigenvalue weighted by molar-refractivity contribution is -0.137. The number of nitrogens with one attached hydrogen (secondary N) is 1. The first-order valence-electron chi connectivity index (χ1n) is 5.91. The van der Waals surface area contributed by atoms with Gasteiger partial charge in [-0.15, -0.1) is 0 Å². The number of hydrogen-bond donors (Lipinski definition) is 4. The van der Waals surface area contributed by atoms with Crippen LogP contribution in [0.3, 0.4) is 0 Å². The van der Waals surface area contributed by atoms with E-state index in [1.165, 1.54) is 4.90 Å². The molecule has 4 N–H and O–H groups in total. The molecule has 0 aliphatic heterocycles. The molecule has 1 unspecified atom stereocenters. The molecule has 0 spiro atoms. The van der Waals surface area contributed by atoms with Gasteiger partial charge in [-0.1, -0.05) is 13.8 Å². The predicted octanol–water partition coefficient (Wildman–Crippen LogP) is -0.518. The zero-order valence-corrected chi connectivity index (χ0v) is 10.8. The highest BCUT2D eigenvalue weighted by atomic mass is 16.4. The van der Waals surface area contributed by atoms with Gasteiger partial charge < -0.3 is 25.5 Å². The lowest BCUT2D eigenvalue weighted by Crippen LogP contribution is -2.49. The third-order valence-electron chi connectivity index (χ3n) is 2.54. The van der Waals surface area contributed by atoms with Gasteiger partial charge in [0.2, 0.25) is 0 Å². The Morgan fingerprint density at radius 1 is 1.17 bits per heavy atom. The molecule has 106 valence electrons. The predicted molar refractivity (Wildman–Crippen MR) is 65.2 cm³/mol. The number of carbonyl (C=O) groups is 2. The van der Waals surface area contributed by atoms with Gasteiger partial charge in [-0.2, -0.15) is 0 Å². The summed E-state index contributed by atoms with van der Waals surface area (Å²) < 4.78 is 0. The second-order valence-corrected chi connectivity index (χ2v) is 4.33. The maximum atomic E-state index is 11.8. The minimum absolute atomic E-state index is 0.0184. The van der Waals surface area contributed by atoms with Crippen molar-refractivity contribution in [3.05, 3.63) is 0 Å². The Morgan fingerprint density at radius 2 is 1.67 bits per heavy atom. The van der Waals surface area contributed by atoms with Gasteiger partial charge in [0.15, 0.2) is 0 Å². The van der Waals surface area contributed by atoms with Crippen LogP contribution >= 0.6 is 0 Å². The quantitative estimate of drug-likeness (QED) is 0.470. The molecule has 0 radical (unpaired) electrons. The van der Waals surface area contributed by atoms with E-state index in [0.29, 0.717) is 0 Å². The number of carbonyl (C=O) groups excluding carboxylic acids is 1. The molecule has 0 fully saturated rings. The van der Waals surface area contributed by atoms with Crippen LogP contribution in [0.25, 0.3) is 0 Å². The molecule has 0 saturated heterocycles. The van der Waals surface area contributed by atoms with Crippen molar-refractivity contribution in [2.45, 2.75) is 26.3 Å². The van der Waals surface area contributed by atoms with Gasteiger partial charge >= 0.3 is 12.0 Å². The van der Waals surface area contributed by atoms with Gasteiger partial charge in [0.1, 0.15) is 0 Å². The molecular weight excluding hydrogens is 240 g/mol. The number of hydrogen-bond acceptors (Lipinski definition) is 4. The zero-order chi connectivity index (χ0) is 14.1. The second-order valence-electron chi connectivity index (χ2n) is 4.33. The van der Waals surface area contributed by atoms with Gasteiger partial charge in [0, 0.05) is 19.1 Å². The number of urea groups is 1. The van der Waals surface area contributed by atoms with E-state index in [9.17, 15) is 9.59 Å². The Morgan fingerprint density at radius 3 is 2.00 bits per heavy atom. The number of aliphatic carboxylic acids is 1. The standard InChI is InChI=1S/C11H22N2O5/c1-8(2)9(7-10(16)17)12-11(18)13(3-5-14)4-6-15/h8-9,14-15H,3-7H2,1-2H3,(H,12,18)(H,16,17). The summed E-state index contributed by atoms with van der Waals surface area (Å²) >= 11 is 0. The number of aliphatic hydroxyl groups excluding tert-OH is 2. The average molecular weight is 262 g/mol. The average Bonchev–Trinajstić information content (AvgIpc) is 2.27. The fraction of sp³-hybridized carbons (Fsp3) is 0.818. The molecule has 0 rings (SSSR count). The van der Waals surface area contributed by atoms with Crippen LogP contribution in [0.1, 0.15) is 20.3 Å². The lowest BCUT2D eigenvalue weighted by Gasteiger charge is -2.26. The van der Waals surface area contributed by atoms with Crippen LogP contribution < -0.4 is 5.32 Å². The highest BCUT2D eigenvalue weighted by molar-refractivity contribution is 5.76. The number of rotatable bonds is 8. The van der Waals surface area contributed by atoms with Crippen LogP contribution in [-0.2, 0) is 4.79 Å². The summed E-state index contributed by atoms with van der Waals surface area (Å²) in [6.45, 7) is 3.42. The summed E-state index contributed by atoms with van der Waals surface area (Å²) in [6, 6.07) is -0.951. The van der Waals surface area contributed by atoms with Crippen molar-refractivity contribution in [3.8, 4) is 0 Å². The SMILES string of the molecule is CC(C)C(CC(=O)O)NC(=O)N(CCO)CCO. The highest BCUT2D eigenvalue weighted by Crippen LogP contribution is 2.07. The van der Waals surface area contributed by atoms with Crippen LogP contribution in [0.15, 0.2) is 0 Å². The van der Waals surface area contributed by atoms with Gasteiger partial charge in [-0.25, -0.2) is 4.79 Å². The molecule has 0 heterocycles. The van der Waals surface area contributed by atoms with Crippen molar-refractivity contribution in [2.75, 3.05) is 26.3 Å². The minimum Gasteiger partial charge on any atom is -0.481 e. The first-order valence-corrected chi connectivity index (χ1v) is 5.91. The number of nitrogens with zero attached hydrogens (tertiary/aromatic N) is 1. The number of aliphatic hydroxyl groups is 2. The van der Waals surface area contributed by atoms with E-state index in [-0.39, 0.29) is 38.6 Å². The molecule has 0 bridgehead atoms. The molecule has 7 nitrogen and oxygen atoms in total. The maximum Gasteiger partial charge on any atom is 0.317 e. The molecule has 0 aliphatic rings. The van der Waals surface area contributed by atoms with Crippen LogP contribution in [0, 0.1) is 5.92 Å². The molecule has 18 heavy (non-hydrogen) atoms. The normalized spacial score (nSPS) is 12.3. The van der Waals surface area contributed by atoms with Crippen LogP contribution in [0.2, 0.25) is 0 Å². The number of carboxylic acids is 1. The Hall–Kier alpha value is -1.34. The van der Waals surface area contributed by atoms with Crippen molar-refractivity contribution in [2.24, 2.45) is 5.92 Å². The Bertz CT molecular complexity index is 264. The van der Waals surface area contributed by atoms with E-state index in [0.717, 1.165) is 0 Å². The first kappa shape index (κ1) is 16.7. The number of carboxylic acid groups (broad SMARTS) is 1. The van der Waals surface area contributed by atoms with Gasteiger partial charge in [0.05, 0.1) is 19.6 Å². The molecule has 0 aromatic heterocycles. The Labute approximate surface area is 106 Å². The molecule has 0 aromatic rings. The summed E-state index contributed by atoms with van der Waals surface area (Å²) in [5.74, 6) is -1.000. The molecule has 0 aliphatic carbocycles. The highest BCUT2D eigenvalue weighted by Gasteiger charge is 2.22. The smallest absolute Gasteiger partial charge is 0.317 e. The third-order valence-corrected chi connectivity index (χ3v) is 2.54. The van der Waals surface area contributed by atoms with Crippen molar-refractivity contribution >= 4 is 12.0 Å². The van der Waals surface area contributed by atoms with Crippen LogP contribution in [0.5, 0.6) is 0 Å². The topological polar surface area (TPSA) is 110 Å². The Kier molecular flexibility index (Phi) is 8.06. The molecule has 1 atom stereocenters. The van der Waals surface area contributed by atoms with E-state index in [2.05, 4.69) is 5.32 Å². The van der Waals surface area contributed by atoms with E-state index < -0.39 is 18.0 Å². The summed E-state index contributed by atoms with van der Waals surface area (Å²) in [5.41, 5.74) is 0. The van der Waals surface area contributed by atoms with Crippen molar-refractivity contribution < 1.29 is 24.9 Å². The van der Waals surface area contributed by atoms with Gasteiger partial charge in [-0.05, 0) is 5.92 Å². The fourth-order valence-corrected chi connectivity index (χ4v) is 1.45. The first-order chi connectivity index (χ1) is 8.42. The third kappa shape index (κ3) is 6.41. The number of amides is 2. The minimum atomic E-state index is -0.982. The second kappa shape index (κ2) is 8.71. The summed E-state index contributed by atoms with van der Waals surface area (Å²) in [7, 11) is 0. The van der Waals surface area contributed by atoms with Crippen molar-refractivity contribution in [1.29, 1.82) is 0 Å². The maximum absolute atomic E-state index is 11.8. The largest absolute Gasteiger partial charge is 0.481 e. The van der Waals surface area contributed by atoms with E-state index in [1.807, 2.05) is 13.8 Å². The van der Waals surface area contributed by atoms with Crippen LogP contribution in [0.4, 0.5) is 4.79 Å². The molecule has 0 aromatic carbocycles. The van der Waals surface area contributed by atoms with E-state index in [1.54, 1.807) is 0 Å². The molecule has 0 saturated carbocycles. The summed E-state index contributed by atoms with van der Waals surface area (Å²) in [5, 5.41) is 29.0. The Balaban J connectivity index is 4.49. The van der Waals surface area contributed by atoms with Gasteiger partial charge in [-0.3, -0.25) is 4.79 Å². The molecular formula is C11H22N2O5. The van der Waals surface area contributed by atoms with Crippen molar-refractivity contribution in [1.82, 2.24) is 10.2 Å². The van der Waals surface area contributed by atoms with E-state index >= 15 is 0 Å². The molecule has 7 heteroatoms. The summed E-state index contributed by atoms with van der Waals surface area (Å²) in [6.07, 6.45) is -0.157. The monoisotopic (exact) mass is 262 g/mol. The van der Waals surface area contributed by atoms with E-state index in [4.69, 9.17) is 15.3 Å².